The van der Waals surface area contributed by atoms with Gasteiger partial charge in [0, 0.05) is 6.04 Å². The van der Waals surface area contributed by atoms with Crippen LogP contribution in [-0.4, -0.2) is 24.0 Å². The lowest BCUT2D eigenvalue weighted by Gasteiger charge is -2.38. The minimum absolute atomic E-state index is 0.899. The minimum Gasteiger partial charge on any atom is -0.300 e. The zero-order valence-corrected chi connectivity index (χ0v) is 8.42. The normalized spacial score (nSPS) is 37.2. The zero-order valence-electron chi connectivity index (χ0n) is 8.42. The maximum absolute atomic E-state index is 2.73. The van der Waals surface area contributed by atoms with Gasteiger partial charge in [0.2, 0.25) is 0 Å². The van der Waals surface area contributed by atoms with Gasteiger partial charge in [-0.15, -0.1) is 0 Å². The van der Waals surface area contributed by atoms with Gasteiger partial charge in [-0.05, 0) is 50.6 Å². The lowest BCUT2D eigenvalue weighted by atomic mass is 9.81. The molecule has 70 valence electrons. The molecule has 2 aliphatic rings. The van der Waals surface area contributed by atoms with E-state index in [1.807, 2.05) is 0 Å². The van der Waals surface area contributed by atoms with Crippen LogP contribution in [0.5, 0.6) is 0 Å². The smallest absolute Gasteiger partial charge is 0.0126 e. The Kier molecular flexibility index (Phi) is 2.40. The van der Waals surface area contributed by atoms with Crippen LogP contribution in [0.1, 0.15) is 39.5 Å². The first-order chi connectivity index (χ1) is 5.79. The maximum atomic E-state index is 2.73. The van der Waals surface area contributed by atoms with Crippen LogP contribution in [0.3, 0.4) is 0 Å². The van der Waals surface area contributed by atoms with Crippen molar-refractivity contribution in [2.45, 2.75) is 45.6 Å². The highest BCUT2D eigenvalue weighted by atomic mass is 15.2. The fourth-order valence-corrected chi connectivity index (χ4v) is 3.11. The van der Waals surface area contributed by atoms with Gasteiger partial charge in [0.15, 0.2) is 0 Å². The van der Waals surface area contributed by atoms with Crippen LogP contribution in [0, 0.1) is 11.8 Å². The van der Waals surface area contributed by atoms with E-state index in [9.17, 15) is 0 Å². The van der Waals surface area contributed by atoms with Gasteiger partial charge in [-0.2, -0.15) is 0 Å². The number of piperidine rings is 1. The Morgan fingerprint density at radius 1 is 1.08 bits per heavy atom. The first-order valence-corrected chi connectivity index (χ1v) is 5.53. The fraction of sp³-hybridized carbons (Fsp3) is 1.00. The Morgan fingerprint density at radius 3 is 2.42 bits per heavy atom. The summed E-state index contributed by atoms with van der Waals surface area (Å²) in [5, 5.41) is 0. The summed E-state index contributed by atoms with van der Waals surface area (Å²) >= 11 is 0. The lowest BCUT2D eigenvalue weighted by molar-refractivity contribution is 0.104. The molecule has 0 unspecified atom stereocenters. The van der Waals surface area contributed by atoms with E-state index in [2.05, 4.69) is 18.7 Å². The van der Waals surface area contributed by atoms with Crippen LogP contribution < -0.4 is 0 Å². The highest BCUT2D eigenvalue weighted by Gasteiger charge is 2.35. The molecule has 0 saturated carbocycles. The first kappa shape index (κ1) is 8.55. The van der Waals surface area contributed by atoms with Gasteiger partial charge in [-0.25, -0.2) is 0 Å². The third-order valence-electron chi connectivity index (χ3n) is 3.75. The number of hydrogen-bond acceptors (Lipinski definition) is 1. The molecular formula is C11H21N. The Hall–Kier alpha value is -0.0400. The van der Waals surface area contributed by atoms with Crippen molar-refractivity contribution >= 4 is 0 Å². The van der Waals surface area contributed by atoms with Crippen LogP contribution in [0.4, 0.5) is 0 Å². The summed E-state index contributed by atoms with van der Waals surface area (Å²) < 4.78 is 0. The summed E-state index contributed by atoms with van der Waals surface area (Å²) in [4.78, 5) is 2.73. The Labute approximate surface area is 76.1 Å². The van der Waals surface area contributed by atoms with Gasteiger partial charge in [0.1, 0.15) is 0 Å². The van der Waals surface area contributed by atoms with Crippen LogP contribution in [0.2, 0.25) is 0 Å². The first-order valence-electron chi connectivity index (χ1n) is 5.53. The fourth-order valence-electron chi connectivity index (χ4n) is 3.11. The van der Waals surface area contributed by atoms with Crippen molar-refractivity contribution in [2.24, 2.45) is 11.8 Å². The van der Waals surface area contributed by atoms with E-state index in [1.54, 1.807) is 0 Å². The van der Waals surface area contributed by atoms with Gasteiger partial charge >= 0.3 is 0 Å². The molecule has 1 nitrogen and oxygen atoms in total. The third-order valence-corrected chi connectivity index (χ3v) is 3.75. The molecule has 0 amide bonds. The highest BCUT2D eigenvalue weighted by molar-refractivity contribution is 4.89. The minimum atomic E-state index is 0.899. The van der Waals surface area contributed by atoms with E-state index < -0.39 is 0 Å². The molecule has 1 heteroatoms. The van der Waals surface area contributed by atoms with Gasteiger partial charge in [0.25, 0.3) is 0 Å². The molecular weight excluding hydrogens is 146 g/mol. The van der Waals surface area contributed by atoms with Crippen LogP contribution in [-0.2, 0) is 0 Å². The highest BCUT2D eigenvalue weighted by Crippen LogP contribution is 2.35. The van der Waals surface area contributed by atoms with E-state index in [0.717, 1.165) is 17.9 Å². The summed E-state index contributed by atoms with van der Waals surface area (Å²) in [5.74, 6) is 1.90. The molecule has 2 rings (SSSR count). The topological polar surface area (TPSA) is 3.24 Å². The van der Waals surface area contributed by atoms with Gasteiger partial charge in [-0.3, -0.25) is 0 Å². The van der Waals surface area contributed by atoms with Gasteiger partial charge < -0.3 is 4.90 Å². The quantitative estimate of drug-likeness (QED) is 0.580. The molecule has 0 spiro atoms. The van der Waals surface area contributed by atoms with E-state index in [0.29, 0.717) is 0 Å². The molecule has 0 bridgehead atoms. The molecule has 0 N–H and O–H groups in total. The van der Waals surface area contributed by atoms with Crippen LogP contribution in [0.15, 0.2) is 0 Å². The summed E-state index contributed by atoms with van der Waals surface area (Å²) in [6.45, 7) is 7.56. The summed E-state index contributed by atoms with van der Waals surface area (Å²) in [5.41, 5.74) is 0. The average Bonchev–Trinajstić information content (AvgIpc) is 2.49. The Morgan fingerprint density at radius 2 is 1.75 bits per heavy atom. The molecule has 2 heterocycles. The predicted molar refractivity (Wildman–Crippen MR) is 52.2 cm³/mol. The van der Waals surface area contributed by atoms with E-state index >= 15 is 0 Å². The third kappa shape index (κ3) is 1.39. The van der Waals surface area contributed by atoms with Gasteiger partial charge in [-0.1, -0.05) is 13.8 Å². The lowest BCUT2D eigenvalue weighted by Crippen LogP contribution is -2.42. The number of fused-ring (bicyclic) bond motifs is 1. The summed E-state index contributed by atoms with van der Waals surface area (Å²) in [7, 11) is 0. The molecule has 0 aromatic carbocycles. The van der Waals surface area contributed by atoms with Crippen LogP contribution in [0.25, 0.3) is 0 Å². The van der Waals surface area contributed by atoms with Crippen molar-refractivity contribution in [1.82, 2.24) is 4.90 Å². The van der Waals surface area contributed by atoms with Crippen molar-refractivity contribution in [3.05, 3.63) is 0 Å². The number of nitrogens with zero attached hydrogens (tertiary/aromatic N) is 1. The second-order valence-electron chi connectivity index (χ2n) is 4.80. The predicted octanol–water partition coefficient (Wildman–Crippen LogP) is 2.52. The van der Waals surface area contributed by atoms with Crippen molar-refractivity contribution in [2.75, 3.05) is 13.1 Å². The van der Waals surface area contributed by atoms with Gasteiger partial charge in [0.05, 0.1) is 0 Å². The molecule has 2 atom stereocenters. The monoisotopic (exact) mass is 167 g/mol. The molecule has 2 saturated heterocycles. The largest absolute Gasteiger partial charge is 0.300 e. The zero-order chi connectivity index (χ0) is 8.55. The van der Waals surface area contributed by atoms with E-state index in [-0.39, 0.29) is 0 Å². The maximum Gasteiger partial charge on any atom is 0.0126 e. The number of hydrogen-bond donors (Lipinski definition) is 0. The molecule has 2 fully saturated rings. The van der Waals surface area contributed by atoms with Crippen molar-refractivity contribution in [3.63, 3.8) is 0 Å². The van der Waals surface area contributed by atoms with E-state index in [1.165, 1.54) is 38.8 Å². The molecule has 0 radical (unpaired) electrons. The average molecular weight is 167 g/mol. The Balaban J connectivity index is 2.03. The molecule has 0 aliphatic carbocycles. The molecule has 0 aromatic heterocycles. The molecule has 0 aromatic rings. The van der Waals surface area contributed by atoms with E-state index in [4.69, 9.17) is 0 Å². The Bertz CT molecular complexity index is 153. The SMILES string of the molecule is CC(C)[C@@H]1CCCN2CCC[C@@H]12. The van der Waals surface area contributed by atoms with Crippen molar-refractivity contribution in [3.8, 4) is 0 Å². The summed E-state index contributed by atoms with van der Waals surface area (Å²) in [6.07, 6.45) is 5.86. The molecule has 2 aliphatic heterocycles. The van der Waals surface area contributed by atoms with Crippen molar-refractivity contribution < 1.29 is 0 Å². The molecule has 12 heavy (non-hydrogen) atoms. The second-order valence-corrected chi connectivity index (χ2v) is 4.80. The number of rotatable bonds is 1. The van der Waals surface area contributed by atoms with Crippen molar-refractivity contribution in [1.29, 1.82) is 0 Å². The summed E-state index contributed by atoms with van der Waals surface area (Å²) in [6, 6.07) is 0.957. The standard InChI is InChI=1S/C11H21N/c1-9(2)10-5-3-7-12-8-4-6-11(10)12/h9-11H,3-8H2,1-2H3/t10-,11-/m0/s1. The second kappa shape index (κ2) is 3.37. The van der Waals surface area contributed by atoms with Crippen LogP contribution >= 0.6 is 0 Å².